The minimum absolute atomic E-state index is 0.199. The molecule has 94 valence electrons. The quantitative estimate of drug-likeness (QED) is 0.321. The molecule has 16 heavy (non-hydrogen) atoms. The van der Waals surface area contributed by atoms with E-state index < -0.39 is 0 Å². The summed E-state index contributed by atoms with van der Waals surface area (Å²) in [6.07, 6.45) is 2.88. The van der Waals surface area contributed by atoms with Gasteiger partial charge in [-0.15, -0.1) is 0 Å². The lowest BCUT2D eigenvalue weighted by atomic mass is 10.2. The highest BCUT2D eigenvalue weighted by atomic mass is 32.2. The molecule has 1 aliphatic heterocycles. The van der Waals surface area contributed by atoms with Crippen LogP contribution < -0.4 is 11.3 Å². The Labute approximate surface area is 102 Å². The fourth-order valence-electron chi connectivity index (χ4n) is 1.65. The summed E-state index contributed by atoms with van der Waals surface area (Å²) in [5, 5.41) is 0. The Hall–Kier alpha value is -0.260. The third-order valence-electron chi connectivity index (χ3n) is 2.69. The first-order valence-electron chi connectivity index (χ1n) is 5.87. The Balaban J connectivity index is 2.10. The topological polar surface area (TPSA) is 64.4 Å². The number of carbonyl (C=O) groups excluding carboxylic acids is 1. The first kappa shape index (κ1) is 13.8. The van der Waals surface area contributed by atoms with Crippen LogP contribution in [0.1, 0.15) is 33.1 Å². The monoisotopic (exact) mass is 246 g/mol. The molecule has 1 fully saturated rings. The molecule has 5 heteroatoms. The van der Waals surface area contributed by atoms with Crippen molar-refractivity contribution in [2.45, 2.75) is 45.3 Å². The van der Waals surface area contributed by atoms with E-state index in [2.05, 4.69) is 19.3 Å². The Morgan fingerprint density at radius 1 is 1.56 bits per heavy atom. The maximum Gasteiger partial charge on any atom is 0.263 e. The summed E-state index contributed by atoms with van der Waals surface area (Å²) >= 11 is 1.91. The number of hydrogen-bond donors (Lipinski definition) is 2. The highest BCUT2D eigenvalue weighted by Gasteiger charge is 2.29. The van der Waals surface area contributed by atoms with Crippen LogP contribution in [0.3, 0.4) is 0 Å². The second kappa shape index (κ2) is 7.14. The van der Waals surface area contributed by atoms with Gasteiger partial charge in [0.2, 0.25) is 0 Å². The molecule has 0 bridgehead atoms. The summed E-state index contributed by atoms with van der Waals surface area (Å²) < 4.78 is 5.61. The van der Waals surface area contributed by atoms with E-state index in [0.29, 0.717) is 0 Å². The van der Waals surface area contributed by atoms with Gasteiger partial charge in [0.25, 0.3) is 5.91 Å². The summed E-state index contributed by atoms with van der Waals surface area (Å²) in [7, 11) is 0. The zero-order valence-electron chi connectivity index (χ0n) is 10.1. The SMILES string of the molecule is CC(C)CCSCC1CCC(C(=O)NN)O1. The van der Waals surface area contributed by atoms with Crippen molar-refractivity contribution in [3.63, 3.8) is 0 Å². The number of nitrogens with two attached hydrogens (primary N) is 1. The number of carbonyl (C=O) groups is 1. The summed E-state index contributed by atoms with van der Waals surface area (Å²) in [5.41, 5.74) is 2.14. The lowest BCUT2D eigenvalue weighted by Gasteiger charge is -2.12. The molecule has 1 aliphatic rings. The van der Waals surface area contributed by atoms with E-state index in [4.69, 9.17) is 10.6 Å². The van der Waals surface area contributed by atoms with Crippen LogP contribution in [0, 0.1) is 5.92 Å². The molecule has 4 nitrogen and oxygen atoms in total. The van der Waals surface area contributed by atoms with Crippen molar-refractivity contribution in [1.29, 1.82) is 0 Å². The van der Waals surface area contributed by atoms with E-state index in [1.54, 1.807) is 0 Å². The second-order valence-electron chi connectivity index (χ2n) is 4.59. The highest BCUT2D eigenvalue weighted by Crippen LogP contribution is 2.23. The molecule has 0 aromatic rings. The zero-order chi connectivity index (χ0) is 12.0. The van der Waals surface area contributed by atoms with Crippen molar-refractivity contribution < 1.29 is 9.53 Å². The first-order valence-corrected chi connectivity index (χ1v) is 7.02. The molecule has 0 aliphatic carbocycles. The predicted molar refractivity (Wildman–Crippen MR) is 67.0 cm³/mol. The Kier molecular flexibility index (Phi) is 6.16. The number of rotatable bonds is 6. The molecule has 1 heterocycles. The van der Waals surface area contributed by atoms with Gasteiger partial charge in [-0.1, -0.05) is 13.8 Å². The maximum atomic E-state index is 11.2. The van der Waals surface area contributed by atoms with Crippen molar-refractivity contribution in [1.82, 2.24) is 5.43 Å². The fraction of sp³-hybridized carbons (Fsp3) is 0.909. The third-order valence-corrected chi connectivity index (χ3v) is 3.82. The molecule has 2 unspecified atom stereocenters. The summed E-state index contributed by atoms with van der Waals surface area (Å²) in [5.74, 6) is 7.78. The van der Waals surface area contributed by atoms with E-state index in [9.17, 15) is 4.79 Å². The van der Waals surface area contributed by atoms with Gasteiger partial charge in [-0.2, -0.15) is 11.8 Å². The Bertz CT molecular complexity index is 224. The van der Waals surface area contributed by atoms with Crippen LogP contribution in [0.4, 0.5) is 0 Å². The van der Waals surface area contributed by atoms with Gasteiger partial charge in [-0.3, -0.25) is 10.2 Å². The van der Waals surface area contributed by atoms with E-state index >= 15 is 0 Å². The molecular formula is C11H22N2O2S. The van der Waals surface area contributed by atoms with Gasteiger partial charge in [-0.05, 0) is 30.9 Å². The molecule has 0 aromatic heterocycles. The molecule has 0 radical (unpaired) electrons. The second-order valence-corrected chi connectivity index (χ2v) is 5.74. The molecule has 0 aromatic carbocycles. The number of amides is 1. The third kappa shape index (κ3) is 4.72. The van der Waals surface area contributed by atoms with Crippen LogP contribution in [0.15, 0.2) is 0 Å². The number of hydrazine groups is 1. The van der Waals surface area contributed by atoms with Gasteiger partial charge in [0, 0.05) is 5.75 Å². The lowest BCUT2D eigenvalue weighted by Crippen LogP contribution is -2.39. The van der Waals surface area contributed by atoms with Crippen molar-refractivity contribution in [3.8, 4) is 0 Å². The molecule has 3 N–H and O–H groups in total. The normalized spacial score (nSPS) is 25.0. The predicted octanol–water partition coefficient (Wildman–Crippen LogP) is 1.30. The van der Waals surface area contributed by atoms with Gasteiger partial charge < -0.3 is 4.74 Å². The van der Waals surface area contributed by atoms with E-state index in [1.807, 2.05) is 11.8 Å². The van der Waals surface area contributed by atoms with Gasteiger partial charge in [0.1, 0.15) is 6.10 Å². The number of nitrogens with one attached hydrogen (secondary N) is 1. The summed E-state index contributed by atoms with van der Waals surface area (Å²) in [6, 6.07) is 0. The lowest BCUT2D eigenvalue weighted by molar-refractivity contribution is -0.131. The van der Waals surface area contributed by atoms with Gasteiger partial charge in [0.05, 0.1) is 6.10 Å². The zero-order valence-corrected chi connectivity index (χ0v) is 10.9. The van der Waals surface area contributed by atoms with E-state index in [0.717, 1.165) is 24.5 Å². The van der Waals surface area contributed by atoms with Gasteiger partial charge >= 0.3 is 0 Å². The van der Waals surface area contributed by atoms with E-state index in [1.165, 1.54) is 12.2 Å². The molecule has 1 amide bonds. The molecule has 1 rings (SSSR count). The minimum atomic E-state index is -0.333. The molecule has 0 saturated carbocycles. The Morgan fingerprint density at radius 2 is 2.31 bits per heavy atom. The summed E-state index contributed by atoms with van der Waals surface area (Å²) in [6.45, 7) is 4.46. The van der Waals surface area contributed by atoms with Crippen molar-refractivity contribution in [2.75, 3.05) is 11.5 Å². The smallest absolute Gasteiger partial charge is 0.263 e. The molecular weight excluding hydrogens is 224 g/mol. The molecule has 1 saturated heterocycles. The van der Waals surface area contributed by atoms with Crippen molar-refractivity contribution in [2.24, 2.45) is 11.8 Å². The molecule has 0 spiro atoms. The van der Waals surface area contributed by atoms with Gasteiger partial charge in [-0.25, -0.2) is 5.84 Å². The summed E-state index contributed by atoms with van der Waals surface area (Å²) in [4.78, 5) is 11.2. The van der Waals surface area contributed by atoms with E-state index in [-0.39, 0.29) is 18.1 Å². The van der Waals surface area contributed by atoms with Crippen LogP contribution in [0.2, 0.25) is 0 Å². The largest absolute Gasteiger partial charge is 0.364 e. The van der Waals surface area contributed by atoms with Crippen molar-refractivity contribution >= 4 is 17.7 Å². The van der Waals surface area contributed by atoms with Crippen LogP contribution in [-0.4, -0.2) is 29.6 Å². The number of ether oxygens (including phenoxy) is 1. The first-order chi connectivity index (χ1) is 7.63. The molecule has 2 atom stereocenters. The van der Waals surface area contributed by atoms with Crippen LogP contribution >= 0.6 is 11.8 Å². The highest BCUT2D eigenvalue weighted by molar-refractivity contribution is 7.99. The number of hydrogen-bond acceptors (Lipinski definition) is 4. The average molecular weight is 246 g/mol. The van der Waals surface area contributed by atoms with Crippen LogP contribution in [0.25, 0.3) is 0 Å². The van der Waals surface area contributed by atoms with Gasteiger partial charge in [0.15, 0.2) is 0 Å². The fourth-order valence-corrected chi connectivity index (χ4v) is 2.96. The standard InChI is InChI=1S/C11H22N2O2S/c1-8(2)5-6-16-7-9-3-4-10(15-9)11(14)13-12/h8-10H,3-7,12H2,1-2H3,(H,13,14). The van der Waals surface area contributed by atoms with Crippen LogP contribution in [0.5, 0.6) is 0 Å². The number of thioether (sulfide) groups is 1. The maximum absolute atomic E-state index is 11.2. The minimum Gasteiger partial charge on any atom is -0.364 e. The van der Waals surface area contributed by atoms with Crippen LogP contribution in [-0.2, 0) is 9.53 Å². The van der Waals surface area contributed by atoms with Crippen molar-refractivity contribution in [3.05, 3.63) is 0 Å². The average Bonchev–Trinajstić information content (AvgIpc) is 2.71. The Morgan fingerprint density at radius 3 is 2.94 bits per heavy atom.